The number of benzene rings is 1. The first kappa shape index (κ1) is 14.9. The summed E-state index contributed by atoms with van der Waals surface area (Å²) in [6.07, 6.45) is 6.10. The van der Waals surface area contributed by atoms with Crippen molar-refractivity contribution < 1.29 is 14.4 Å². The minimum absolute atomic E-state index is 0.0806. The molecule has 2 N–H and O–H groups in total. The number of nitrogens with one attached hydrogen (secondary N) is 2. The third-order valence-electron chi connectivity index (χ3n) is 5.28. The van der Waals surface area contributed by atoms with Crippen LogP contribution in [0.2, 0.25) is 0 Å². The van der Waals surface area contributed by atoms with Crippen LogP contribution < -0.4 is 10.6 Å². The van der Waals surface area contributed by atoms with E-state index in [2.05, 4.69) is 22.8 Å². The first-order valence-electron chi connectivity index (χ1n) is 8.28. The molecule has 4 amide bonds. The lowest BCUT2D eigenvalue weighted by Gasteiger charge is -2.38. The molecule has 1 heterocycles. The van der Waals surface area contributed by atoms with Crippen molar-refractivity contribution in [1.82, 2.24) is 10.2 Å². The number of likely N-dealkylation sites (tertiary alicyclic amines) is 1. The van der Waals surface area contributed by atoms with Crippen molar-refractivity contribution in [2.75, 3.05) is 12.0 Å². The fourth-order valence-corrected chi connectivity index (χ4v) is 4.14. The van der Waals surface area contributed by atoms with Gasteiger partial charge in [-0.25, -0.2) is 4.79 Å². The Hall–Kier alpha value is -2.63. The second kappa shape index (κ2) is 5.78. The van der Waals surface area contributed by atoms with Gasteiger partial charge in [-0.15, -0.1) is 0 Å². The van der Waals surface area contributed by atoms with Crippen LogP contribution in [0.1, 0.15) is 12.8 Å². The molecule has 1 aromatic rings. The molecule has 0 spiro atoms. The van der Waals surface area contributed by atoms with Gasteiger partial charge in [-0.05, 0) is 36.8 Å². The number of urea groups is 1. The predicted octanol–water partition coefficient (Wildman–Crippen LogP) is 1.96. The highest BCUT2D eigenvalue weighted by atomic mass is 16.2. The maximum absolute atomic E-state index is 12.6. The van der Waals surface area contributed by atoms with E-state index in [0.29, 0.717) is 5.69 Å². The number of hydrogen-bond donors (Lipinski definition) is 2. The molecule has 5 rings (SSSR count). The summed E-state index contributed by atoms with van der Waals surface area (Å²) in [5.41, 5.74) is 0.657. The minimum atomic E-state index is -0.433. The number of nitrogens with zero attached hydrogens (tertiary/aromatic N) is 1. The number of carbonyl (C=O) groups is 3. The second-order valence-electron chi connectivity index (χ2n) is 6.60. The number of allylic oxidation sites excluding steroid dienone is 2. The van der Waals surface area contributed by atoms with Gasteiger partial charge >= 0.3 is 6.03 Å². The van der Waals surface area contributed by atoms with Crippen LogP contribution in [0.15, 0.2) is 42.5 Å². The number of fused-ring (bicyclic) bond motifs is 1. The van der Waals surface area contributed by atoms with E-state index < -0.39 is 6.03 Å². The highest BCUT2D eigenvalue weighted by molar-refractivity contribution is 6.06. The van der Waals surface area contributed by atoms with Crippen LogP contribution in [0.3, 0.4) is 0 Å². The summed E-state index contributed by atoms with van der Waals surface area (Å²) >= 11 is 0. The fourth-order valence-electron chi connectivity index (χ4n) is 4.14. The maximum atomic E-state index is 12.6. The smallest absolute Gasteiger partial charge is 0.320 e. The first-order chi connectivity index (χ1) is 11.6. The van der Waals surface area contributed by atoms with Gasteiger partial charge in [0.2, 0.25) is 11.8 Å². The highest BCUT2D eigenvalue weighted by Gasteiger charge is 2.56. The van der Waals surface area contributed by atoms with Crippen molar-refractivity contribution in [2.45, 2.75) is 12.8 Å². The van der Waals surface area contributed by atoms with Gasteiger partial charge in [-0.3, -0.25) is 14.5 Å². The Morgan fingerprint density at radius 2 is 1.58 bits per heavy atom. The molecule has 2 bridgehead atoms. The SMILES string of the molecule is O=C(NCN1C(=O)[C@H]2[C@H](C1=O)[C@H]1C=C[C@H]2CC1)Nc1ccccc1. The Morgan fingerprint density at radius 1 is 1.00 bits per heavy atom. The molecule has 24 heavy (non-hydrogen) atoms. The number of carbonyl (C=O) groups excluding carboxylic acids is 3. The van der Waals surface area contributed by atoms with Gasteiger partial charge in [0.1, 0.15) is 6.67 Å². The molecule has 1 aliphatic heterocycles. The molecule has 4 aliphatic rings. The van der Waals surface area contributed by atoms with Crippen LogP contribution in [0.5, 0.6) is 0 Å². The van der Waals surface area contributed by atoms with Crippen LogP contribution in [0.25, 0.3) is 0 Å². The topological polar surface area (TPSA) is 78.5 Å². The van der Waals surface area contributed by atoms with Crippen LogP contribution in [-0.2, 0) is 9.59 Å². The van der Waals surface area contributed by atoms with Crippen LogP contribution in [0.4, 0.5) is 10.5 Å². The summed E-state index contributed by atoms with van der Waals surface area (Å²) in [5, 5.41) is 5.28. The zero-order chi connectivity index (χ0) is 16.7. The Kier molecular flexibility index (Phi) is 3.59. The number of rotatable bonds is 3. The van der Waals surface area contributed by atoms with E-state index in [-0.39, 0.29) is 42.2 Å². The lowest BCUT2D eigenvalue weighted by Crippen LogP contribution is -2.43. The average Bonchev–Trinajstić information content (AvgIpc) is 2.88. The maximum Gasteiger partial charge on any atom is 0.320 e. The highest BCUT2D eigenvalue weighted by Crippen LogP contribution is 2.49. The zero-order valence-corrected chi connectivity index (χ0v) is 13.1. The lowest BCUT2D eigenvalue weighted by atomic mass is 9.63. The lowest BCUT2D eigenvalue weighted by molar-refractivity contribution is -0.140. The third kappa shape index (κ3) is 2.38. The fraction of sp³-hybridized carbons (Fsp3) is 0.389. The van der Waals surface area contributed by atoms with Crippen molar-refractivity contribution >= 4 is 23.5 Å². The van der Waals surface area contributed by atoms with Gasteiger partial charge in [0, 0.05) is 5.69 Å². The van der Waals surface area contributed by atoms with E-state index in [9.17, 15) is 14.4 Å². The Balaban J connectivity index is 1.40. The average molecular weight is 325 g/mol. The molecule has 2 fully saturated rings. The monoisotopic (exact) mass is 325 g/mol. The molecule has 6 nitrogen and oxygen atoms in total. The molecular formula is C18H19N3O3. The van der Waals surface area contributed by atoms with E-state index in [0.717, 1.165) is 12.8 Å². The van der Waals surface area contributed by atoms with Gasteiger partial charge in [0.15, 0.2) is 0 Å². The molecule has 1 aromatic carbocycles. The largest absolute Gasteiger partial charge is 0.320 e. The summed E-state index contributed by atoms with van der Waals surface area (Å²) < 4.78 is 0. The number of anilines is 1. The molecule has 1 saturated carbocycles. The Morgan fingerprint density at radius 3 is 2.12 bits per heavy atom. The second-order valence-corrected chi connectivity index (χ2v) is 6.60. The van der Waals surface area contributed by atoms with Crippen LogP contribution in [-0.4, -0.2) is 29.4 Å². The van der Waals surface area contributed by atoms with Gasteiger partial charge < -0.3 is 10.6 Å². The zero-order valence-electron chi connectivity index (χ0n) is 13.1. The van der Waals surface area contributed by atoms with Crippen molar-refractivity contribution in [3.05, 3.63) is 42.5 Å². The molecule has 0 radical (unpaired) electrons. The Labute approximate surface area is 139 Å². The molecule has 0 unspecified atom stereocenters. The summed E-state index contributed by atoms with van der Waals surface area (Å²) in [4.78, 5) is 38.4. The summed E-state index contributed by atoms with van der Waals surface area (Å²) in [7, 11) is 0. The van der Waals surface area contributed by atoms with Gasteiger partial charge in [-0.2, -0.15) is 0 Å². The molecule has 3 aliphatic carbocycles. The molecular weight excluding hydrogens is 306 g/mol. The molecule has 6 heteroatoms. The number of imide groups is 1. The van der Waals surface area contributed by atoms with Crippen molar-refractivity contribution in [3.63, 3.8) is 0 Å². The predicted molar refractivity (Wildman–Crippen MR) is 87.7 cm³/mol. The van der Waals surface area contributed by atoms with E-state index >= 15 is 0 Å². The first-order valence-corrected chi connectivity index (χ1v) is 8.28. The van der Waals surface area contributed by atoms with Gasteiger partial charge in [0.25, 0.3) is 0 Å². The molecule has 124 valence electrons. The van der Waals surface area contributed by atoms with Crippen molar-refractivity contribution in [2.24, 2.45) is 23.7 Å². The van der Waals surface area contributed by atoms with E-state index in [1.54, 1.807) is 12.1 Å². The Bertz CT molecular complexity index is 683. The normalized spacial score (nSPS) is 30.4. The summed E-state index contributed by atoms with van der Waals surface area (Å²) in [6, 6.07) is 8.59. The number of hydrogen-bond acceptors (Lipinski definition) is 3. The van der Waals surface area contributed by atoms with Crippen molar-refractivity contribution in [3.8, 4) is 0 Å². The van der Waals surface area contributed by atoms with E-state index in [1.807, 2.05) is 18.2 Å². The number of amides is 4. The van der Waals surface area contributed by atoms with Gasteiger partial charge in [0.05, 0.1) is 11.8 Å². The van der Waals surface area contributed by atoms with E-state index in [1.165, 1.54) is 4.90 Å². The minimum Gasteiger partial charge on any atom is -0.320 e. The molecule has 4 atom stereocenters. The van der Waals surface area contributed by atoms with E-state index in [4.69, 9.17) is 0 Å². The quantitative estimate of drug-likeness (QED) is 0.659. The third-order valence-corrected chi connectivity index (χ3v) is 5.28. The summed E-state index contributed by atoms with van der Waals surface area (Å²) in [6.45, 7) is -0.0806. The standard InChI is InChI=1S/C18H19N3O3/c22-16-14-11-6-7-12(9-8-11)15(14)17(23)21(16)10-19-18(24)20-13-4-2-1-3-5-13/h1-7,11-12,14-15H,8-10H2,(H2,19,20,24)/t11-,12-,14+,15+/m0/s1. The van der Waals surface area contributed by atoms with Crippen molar-refractivity contribution in [1.29, 1.82) is 0 Å². The number of para-hydroxylation sites is 1. The van der Waals surface area contributed by atoms with Crippen LogP contribution >= 0.6 is 0 Å². The molecule has 1 saturated heterocycles. The summed E-state index contributed by atoms with van der Waals surface area (Å²) in [5.74, 6) is -0.437. The van der Waals surface area contributed by atoms with Gasteiger partial charge in [-0.1, -0.05) is 30.4 Å². The van der Waals surface area contributed by atoms with Crippen LogP contribution in [0, 0.1) is 23.7 Å². The molecule has 0 aromatic heterocycles.